The standard InChI is InChI=1S/C14H23BrN4O/c1-10(2)6-16-7-11-4-3-5-19(8-11)13-12(15)14(20)18-9-17-13/h9-11,16H,3-8H2,1-2H3,(H,17,18,20). The highest BCUT2D eigenvalue weighted by molar-refractivity contribution is 9.10. The number of hydrogen-bond acceptors (Lipinski definition) is 4. The molecular weight excluding hydrogens is 320 g/mol. The van der Waals surface area contributed by atoms with E-state index in [4.69, 9.17) is 0 Å². The van der Waals surface area contributed by atoms with E-state index in [1.807, 2.05) is 0 Å². The Kier molecular flexibility index (Phi) is 5.60. The van der Waals surface area contributed by atoms with Gasteiger partial charge in [0.1, 0.15) is 10.3 Å². The third-order valence-corrected chi connectivity index (χ3v) is 4.30. The van der Waals surface area contributed by atoms with Crippen LogP contribution in [0.1, 0.15) is 26.7 Å². The van der Waals surface area contributed by atoms with E-state index < -0.39 is 0 Å². The molecule has 1 atom stereocenters. The van der Waals surface area contributed by atoms with Crippen LogP contribution >= 0.6 is 15.9 Å². The van der Waals surface area contributed by atoms with Crippen LogP contribution in [0.15, 0.2) is 15.6 Å². The first kappa shape index (κ1) is 15.5. The predicted octanol–water partition coefficient (Wildman–Crippen LogP) is 1.99. The maximum absolute atomic E-state index is 11.6. The van der Waals surface area contributed by atoms with Gasteiger partial charge in [0.2, 0.25) is 0 Å². The van der Waals surface area contributed by atoms with Crippen LogP contribution in [0, 0.1) is 11.8 Å². The van der Waals surface area contributed by atoms with Gasteiger partial charge in [-0.25, -0.2) is 4.98 Å². The quantitative estimate of drug-likeness (QED) is 0.859. The molecule has 0 bridgehead atoms. The topological polar surface area (TPSA) is 61.0 Å². The zero-order chi connectivity index (χ0) is 14.5. The molecule has 5 nitrogen and oxygen atoms in total. The van der Waals surface area contributed by atoms with Crippen LogP contribution in [0.3, 0.4) is 0 Å². The molecule has 20 heavy (non-hydrogen) atoms. The molecule has 1 fully saturated rings. The molecule has 1 saturated heterocycles. The molecule has 2 N–H and O–H groups in total. The Bertz CT molecular complexity index is 488. The SMILES string of the molecule is CC(C)CNCC1CCCN(c2nc[nH]c(=O)c2Br)C1. The smallest absolute Gasteiger partial charge is 0.267 e. The average molecular weight is 343 g/mol. The summed E-state index contributed by atoms with van der Waals surface area (Å²) in [6.07, 6.45) is 3.86. The Balaban J connectivity index is 1.96. The summed E-state index contributed by atoms with van der Waals surface area (Å²) in [4.78, 5) is 20.7. The highest BCUT2D eigenvalue weighted by Crippen LogP contribution is 2.25. The van der Waals surface area contributed by atoms with Gasteiger partial charge in [-0.05, 0) is 53.7 Å². The molecule has 1 unspecified atom stereocenters. The number of rotatable bonds is 5. The third kappa shape index (κ3) is 4.06. The van der Waals surface area contributed by atoms with Crippen LogP contribution in [0.25, 0.3) is 0 Å². The second-order valence-electron chi connectivity index (χ2n) is 5.88. The molecule has 0 aliphatic carbocycles. The number of H-pyrrole nitrogens is 1. The first-order chi connectivity index (χ1) is 9.58. The fourth-order valence-electron chi connectivity index (χ4n) is 2.59. The Labute approximate surface area is 128 Å². The number of aromatic amines is 1. The van der Waals surface area contributed by atoms with E-state index in [0.29, 0.717) is 16.3 Å². The summed E-state index contributed by atoms with van der Waals surface area (Å²) in [5.41, 5.74) is -0.116. The number of halogens is 1. The Morgan fingerprint density at radius 1 is 1.60 bits per heavy atom. The van der Waals surface area contributed by atoms with Gasteiger partial charge in [0.15, 0.2) is 0 Å². The van der Waals surface area contributed by atoms with Gasteiger partial charge in [-0.1, -0.05) is 13.8 Å². The number of nitrogens with zero attached hydrogens (tertiary/aromatic N) is 2. The molecule has 0 amide bonds. The first-order valence-electron chi connectivity index (χ1n) is 7.26. The lowest BCUT2D eigenvalue weighted by Crippen LogP contribution is -2.41. The molecule has 0 spiro atoms. The normalized spacial score (nSPS) is 19.6. The lowest BCUT2D eigenvalue weighted by atomic mass is 9.98. The number of anilines is 1. The second-order valence-corrected chi connectivity index (χ2v) is 6.67. The highest BCUT2D eigenvalue weighted by atomic mass is 79.9. The van der Waals surface area contributed by atoms with E-state index in [0.717, 1.165) is 38.4 Å². The molecule has 2 heterocycles. The van der Waals surface area contributed by atoms with E-state index in [1.165, 1.54) is 12.7 Å². The van der Waals surface area contributed by atoms with Crippen molar-refractivity contribution in [2.24, 2.45) is 11.8 Å². The molecule has 1 aliphatic rings. The zero-order valence-corrected chi connectivity index (χ0v) is 13.7. The highest BCUT2D eigenvalue weighted by Gasteiger charge is 2.22. The van der Waals surface area contributed by atoms with Crippen molar-refractivity contribution in [1.82, 2.24) is 15.3 Å². The molecule has 6 heteroatoms. The van der Waals surface area contributed by atoms with Gasteiger partial charge in [-0.15, -0.1) is 0 Å². The van der Waals surface area contributed by atoms with Crippen molar-refractivity contribution in [2.75, 3.05) is 31.1 Å². The molecule has 1 aromatic rings. The first-order valence-corrected chi connectivity index (χ1v) is 8.06. The molecule has 1 aromatic heterocycles. The van der Waals surface area contributed by atoms with E-state index in [2.05, 4.69) is 50.0 Å². The fraction of sp³-hybridized carbons (Fsp3) is 0.714. The monoisotopic (exact) mass is 342 g/mol. The molecular formula is C14H23BrN4O. The van der Waals surface area contributed by atoms with Crippen LogP contribution in [-0.4, -0.2) is 36.1 Å². The van der Waals surface area contributed by atoms with Gasteiger partial charge >= 0.3 is 0 Å². The van der Waals surface area contributed by atoms with Crippen molar-refractivity contribution < 1.29 is 0 Å². The van der Waals surface area contributed by atoms with E-state index in [-0.39, 0.29) is 5.56 Å². The third-order valence-electron chi connectivity index (χ3n) is 3.58. The molecule has 0 aromatic carbocycles. The minimum absolute atomic E-state index is 0.116. The number of nitrogens with one attached hydrogen (secondary N) is 2. The summed E-state index contributed by atoms with van der Waals surface area (Å²) >= 11 is 3.34. The van der Waals surface area contributed by atoms with Crippen molar-refractivity contribution in [3.05, 3.63) is 21.2 Å². The minimum Gasteiger partial charge on any atom is -0.355 e. The molecule has 0 saturated carbocycles. The Morgan fingerprint density at radius 2 is 2.40 bits per heavy atom. The summed E-state index contributed by atoms with van der Waals surface area (Å²) in [6.45, 7) is 8.46. The maximum Gasteiger partial charge on any atom is 0.267 e. The Morgan fingerprint density at radius 3 is 3.15 bits per heavy atom. The van der Waals surface area contributed by atoms with Gasteiger partial charge in [0, 0.05) is 13.1 Å². The summed E-state index contributed by atoms with van der Waals surface area (Å²) in [6, 6.07) is 0. The van der Waals surface area contributed by atoms with Gasteiger partial charge in [-0.2, -0.15) is 0 Å². The van der Waals surface area contributed by atoms with Gasteiger partial charge in [0.25, 0.3) is 5.56 Å². The number of hydrogen-bond donors (Lipinski definition) is 2. The van der Waals surface area contributed by atoms with Crippen molar-refractivity contribution >= 4 is 21.7 Å². The van der Waals surface area contributed by atoms with Crippen LogP contribution in [0.5, 0.6) is 0 Å². The van der Waals surface area contributed by atoms with Crippen LogP contribution < -0.4 is 15.8 Å². The van der Waals surface area contributed by atoms with Crippen molar-refractivity contribution in [2.45, 2.75) is 26.7 Å². The summed E-state index contributed by atoms with van der Waals surface area (Å²) in [5.74, 6) is 2.07. The van der Waals surface area contributed by atoms with Gasteiger partial charge in [-0.3, -0.25) is 4.79 Å². The maximum atomic E-state index is 11.6. The molecule has 0 radical (unpaired) electrons. The lowest BCUT2D eigenvalue weighted by molar-refractivity contribution is 0.381. The van der Waals surface area contributed by atoms with Crippen molar-refractivity contribution in [3.8, 4) is 0 Å². The Hall–Kier alpha value is -0.880. The predicted molar refractivity (Wildman–Crippen MR) is 85.2 cm³/mol. The van der Waals surface area contributed by atoms with Crippen LogP contribution in [-0.2, 0) is 0 Å². The number of aromatic nitrogens is 2. The van der Waals surface area contributed by atoms with Crippen molar-refractivity contribution in [1.29, 1.82) is 0 Å². The van der Waals surface area contributed by atoms with E-state index >= 15 is 0 Å². The van der Waals surface area contributed by atoms with E-state index in [1.54, 1.807) is 0 Å². The average Bonchev–Trinajstić information content (AvgIpc) is 2.42. The van der Waals surface area contributed by atoms with Gasteiger partial charge in [0.05, 0.1) is 6.33 Å². The summed E-state index contributed by atoms with van der Waals surface area (Å²) < 4.78 is 0.538. The van der Waals surface area contributed by atoms with Crippen LogP contribution in [0.2, 0.25) is 0 Å². The minimum atomic E-state index is -0.116. The fourth-order valence-corrected chi connectivity index (χ4v) is 3.06. The molecule has 1 aliphatic heterocycles. The lowest BCUT2D eigenvalue weighted by Gasteiger charge is -2.34. The second kappa shape index (κ2) is 7.22. The largest absolute Gasteiger partial charge is 0.355 e. The number of piperidine rings is 1. The summed E-state index contributed by atoms with van der Waals surface area (Å²) in [5, 5.41) is 3.53. The van der Waals surface area contributed by atoms with Crippen LogP contribution in [0.4, 0.5) is 5.82 Å². The molecule has 2 rings (SSSR count). The summed E-state index contributed by atoms with van der Waals surface area (Å²) in [7, 11) is 0. The van der Waals surface area contributed by atoms with Crippen molar-refractivity contribution in [3.63, 3.8) is 0 Å². The van der Waals surface area contributed by atoms with E-state index in [9.17, 15) is 4.79 Å². The zero-order valence-electron chi connectivity index (χ0n) is 12.2. The molecule has 112 valence electrons. The van der Waals surface area contributed by atoms with Gasteiger partial charge < -0.3 is 15.2 Å².